The normalized spacial score (nSPS) is 10.0. The standard InChI is InChI=1S/C9H11NO3/c1-3-6-8(9(12)13)5(2)4-7(11)10-6/h4H,3H2,1-2H3,(H,10,11)(H,12,13). The Balaban J connectivity index is 3.47. The fraction of sp³-hybridized carbons (Fsp3) is 0.333. The Labute approximate surface area is 75.2 Å². The van der Waals surface area contributed by atoms with Crippen molar-refractivity contribution in [3.8, 4) is 0 Å². The third-order valence-corrected chi connectivity index (χ3v) is 1.89. The van der Waals surface area contributed by atoms with Gasteiger partial charge in [-0.25, -0.2) is 4.79 Å². The Kier molecular flexibility index (Phi) is 2.51. The van der Waals surface area contributed by atoms with Gasteiger partial charge in [-0.3, -0.25) is 4.79 Å². The second kappa shape index (κ2) is 3.43. The number of rotatable bonds is 2. The highest BCUT2D eigenvalue weighted by Crippen LogP contribution is 2.09. The van der Waals surface area contributed by atoms with Crippen LogP contribution >= 0.6 is 0 Å². The molecule has 0 saturated heterocycles. The average Bonchev–Trinajstić information content (AvgIpc) is 2.01. The number of aromatic nitrogens is 1. The summed E-state index contributed by atoms with van der Waals surface area (Å²) in [5.74, 6) is -0.995. The number of hydrogen-bond donors (Lipinski definition) is 2. The van der Waals surface area contributed by atoms with Gasteiger partial charge in [-0.2, -0.15) is 0 Å². The molecule has 0 bridgehead atoms. The lowest BCUT2D eigenvalue weighted by molar-refractivity contribution is 0.0694. The van der Waals surface area contributed by atoms with Crippen LogP contribution in [0.3, 0.4) is 0 Å². The number of H-pyrrole nitrogens is 1. The van der Waals surface area contributed by atoms with Gasteiger partial charge in [0.2, 0.25) is 5.56 Å². The molecule has 0 aliphatic heterocycles. The van der Waals surface area contributed by atoms with Crippen LogP contribution in [0.5, 0.6) is 0 Å². The Morgan fingerprint density at radius 2 is 2.23 bits per heavy atom. The Morgan fingerprint density at radius 3 is 2.69 bits per heavy atom. The van der Waals surface area contributed by atoms with Gasteiger partial charge < -0.3 is 10.1 Å². The molecule has 1 aromatic heterocycles. The van der Waals surface area contributed by atoms with E-state index < -0.39 is 5.97 Å². The lowest BCUT2D eigenvalue weighted by Gasteiger charge is -2.05. The molecule has 0 unspecified atom stereocenters. The highest BCUT2D eigenvalue weighted by Gasteiger charge is 2.12. The number of aryl methyl sites for hydroxylation is 2. The summed E-state index contributed by atoms with van der Waals surface area (Å²) in [6.07, 6.45) is 0.512. The van der Waals surface area contributed by atoms with E-state index in [1.807, 2.05) is 0 Å². The molecular formula is C9H11NO3. The average molecular weight is 181 g/mol. The fourth-order valence-corrected chi connectivity index (χ4v) is 1.32. The molecule has 0 aromatic carbocycles. The molecule has 2 N–H and O–H groups in total. The first-order valence-corrected chi connectivity index (χ1v) is 4.02. The second-order valence-corrected chi connectivity index (χ2v) is 2.83. The zero-order valence-electron chi connectivity index (χ0n) is 7.55. The smallest absolute Gasteiger partial charge is 0.337 e. The summed E-state index contributed by atoms with van der Waals surface area (Å²) in [6.45, 7) is 3.43. The first-order valence-electron chi connectivity index (χ1n) is 4.02. The predicted molar refractivity (Wildman–Crippen MR) is 48.1 cm³/mol. The molecule has 4 nitrogen and oxygen atoms in total. The molecule has 0 aliphatic carbocycles. The van der Waals surface area contributed by atoms with Crippen molar-refractivity contribution in [3.05, 3.63) is 33.2 Å². The quantitative estimate of drug-likeness (QED) is 0.713. The van der Waals surface area contributed by atoms with E-state index in [0.717, 1.165) is 0 Å². The SMILES string of the molecule is CCc1[nH]c(=O)cc(C)c1C(=O)O. The monoisotopic (exact) mass is 181 g/mol. The van der Waals surface area contributed by atoms with Gasteiger partial charge in [0.25, 0.3) is 0 Å². The van der Waals surface area contributed by atoms with Gasteiger partial charge in [0, 0.05) is 11.8 Å². The maximum absolute atomic E-state index is 11.0. The van der Waals surface area contributed by atoms with Crippen molar-refractivity contribution < 1.29 is 9.90 Å². The molecule has 1 rings (SSSR count). The highest BCUT2D eigenvalue weighted by molar-refractivity contribution is 5.90. The van der Waals surface area contributed by atoms with Crippen LogP contribution in [-0.2, 0) is 6.42 Å². The van der Waals surface area contributed by atoms with Gasteiger partial charge in [-0.05, 0) is 18.9 Å². The summed E-state index contributed by atoms with van der Waals surface area (Å²) in [7, 11) is 0. The van der Waals surface area contributed by atoms with Gasteiger partial charge in [0.05, 0.1) is 5.56 Å². The van der Waals surface area contributed by atoms with Gasteiger partial charge in [-0.1, -0.05) is 6.92 Å². The molecule has 0 aliphatic rings. The van der Waals surface area contributed by atoms with Crippen molar-refractivity contribution in [2.45, 2.75) is 20.3 Å². The van der Waals surface area contributed by atoms with Crippen LogP contribution in [0.25, 0.3) is 0 Å². The fourth-order valence-electron chi connectivity index (χ4n) is 1.32. The molecule has 4 heteroatoms. The number of carboxylic acids is 1. The minimum atomic E-state index is -0.995. The van der Waals surface area contributed by atoms with Crippen LogP contribution in [0, 0.1) is 6.92 Å². The van der Waals surface area contributed by atoms with Crippen LogP contribution in [0.2, 0.25) is 0 Å². The largest absolute Gasteiger partial charge is 0.478 e. The van der Waals surface area contributed by atoms with Gasteiger partial charge in [0.15, 0.2) is 0 Å². The molecule has 70 valence electrons. The number of aromatic carboxylic acids is 1. The molecule has 1 heterocycles. The van der Waals surface area contributed by atoms with Crippen molar-refractivity contribution in [2.24, 2.45) is 0 Å². The molecule has 0 atom stereocenters. The van der Waals surface area contributed by atoms with Gasteiger partial charge in [0.1, 0.15) is 0 Å². The third-order valence-electron chi connectivity index (χ3n) is 1.89. The van der Waals surface area contributed by atoms with Crippen LogP contribution in [0.15, 0.2) is 10.9 Å². The second-order valence-electron chi connectivity index (χ2n) is 2.83. The number of carbonyl (C=O) groups is 1. The summed E-state index contributed by atoms with van der Waals surface area (Å²) in [6, 6.07) is 1.29. The Hall–Kier alpha value is -1.58. The maximum atomic E-state index is 11.0. The lowest BCUT2D eigenvalue weighted by Crippen LogP contribution is -2.15. The van der Waals surface area contributed by atoms with E-state index in [-0.39, 0.29) is 11.1 Å². The number of hydrogen-bond acceptors (Lipinski definition) is 2. The number of nitrogens with one attached hydrogen (secondary N) is 1. The third kappa shape index (κ3) is 1.77. The minimum Gasteiger partial charge on any atom is -0.478 e. The highest BCUT2D eigenvalue weighted by atomic mass is 16.4. The maximum Gasteiger partial charge on any atom is 0.337 e. The first kappa shape index (κ1) is 9.51. The molecule has 0 saturated carbocycles. The van der Waals surface area contributed by atoms with Crippen molar-refractivity contribution in [1.29, 1.82) is 0 Å². The molecule has 0 spiro atoms. The van der Waals surface area contributed by atoms with E-state index in [2.05, 4.69) is 4.98 Å². The van der Waals surface area contributed by atoms with E-state index in [1.54, 1.807) is 13.8 Å². The zero-order valence-corrected chi connectivity index (χ0v) is 7.55. The minimum absolute atomic E-state index is 0.210. The van der Waals surface area contributed by atoms with E-state index in [4.69, 9.17) is 5.11 Å². The van der Waals surface area contributed by atoms with Crippen LogP contribution in [0.1, 0.15) is 28.5 Å². The van der Waals surface area contributed by atoms with Crippen molar-refractivity contribution in [1.82, 2.24) is 4.98 Å². The lowest BCUT2D eigenvalue weighted by atomic mass is 10.1. The topological polar surface area (TPSA) is 70.2 Å². The van der Waals surface area contributed by atoms with Crippen molar-refractivity contribution >= 4 is 5.97 Å². The summed E-state index contributed by atoms with van der Waals surface area (Å²) in [5, 5.41) is 8.85. The summed E-state index contributed by atoms with van der Waals surface area (Å²) < 4.78 is 0. The molecule has 0 fully saturated rings. The number of aromatic amines is 1. The molecular weight excluding hydrogens is 170 g/mol. The van der Waals surface area contributed by atoms with Crippen LogP contribution in [0.4, 0.5) is 0 Å². The van der Waals surface area contributed by atoms with E-state index in [0.29, 0.717) is 17.7 Å². The van der Waals surface area contributed by atoms with E-state index >= 15 is 0 Å². The molecule has 1 aromatic rings. The summed E-state index contributed by atoms with van der Waals surface area (Å²) in [5.41, 5.74) is 0.951. The molecule has 13 heavy (non-hydrogen) atoms. The predicted octanol–water partition coefficient (Wildman–Crippen LogP) is 0.944. The van der Waals surface area contributed by atoms with E-state index in [1.165, 1.54) is 6.07 Å². The van der Waals surface area contributed by atoms with Gasteiger partial charge in [-0.15, -0.1) is 0 Å². The molecule has 0 radical (unpaired) electrons. The Morgan fingerprint density at radius 1 is 1.62 bits per heavy atom. The Bertz CT molecular complexity index is 392. The molecule has 0 amide bonds. The van der Waals surface area contributed by atoms with Crippen LogP contribution in [-0.4, -0.2) is 16.1 Å². The summed E-state index contributed by atoms with van der Waals surface area (Å²) in [4.78, 5) is 24.3. The van der Waals surface area contributed by atoms with Crippen molar-refractivity contribution in [3.63, 3.8) is 0 Å². The zero-order chi connectivity index (χ0) is 10.0. The van der Waals surface area contributed by atoms with Crippen LogP contribution < -0.4 is 5.56 Å². The number of carboxylic acid groups (broad SMARTS) is 1. The first-order chi connectivity index (χ1) is 6.06. The van der Waals surface area contributed by atoms with E-state index in [9.17, 15) is 9.59 Å². The van der Waals surface area contributed by atoms with Crippen molar-refractivity contribution in [2.75, 3.05) is 0 Å². The summed E-state index contributed by atoms with van der Waals surface area (Å²) >= 11 is 0. The number of pyridine rings is 1. The van der Waals surface area contributed by atoms with Gasteiger partial charge >= 0.3 is 5.97 Å².